The Morgan fingerprint density at radius 3 is 2.59 bits per heavy atom. The van der Waals surface area contributed by atoms with Crippen LogP contribution in [-0.2, 0) is 4.79 Å². The maximum absolute atomic E-state index is 13.0. The Balaban J connectivity index is 1.61. The van der Waals surface area contributed by atoms with E-state index in [0.717, 1.165) is 5.56 Å². The number of nitrogens with one attached hydrogen (secondary N) is 2. The number of hydrogen-bond donors (Lipinski definition) is 2. The summed E-state index contributed by atoms with van der Waals surface area (Å²) in [5.74, 6) is -0.838. The first-order valence-electron chi connectivity index (χ1n) is 8.08. The molecule has 0 spiro atoms. The number of carbonyl (C=O) groups is 2. The molecule has 0 aliphatic carbocycles. The number of benzene rings is 2. The highest BCUT2D eigenvalue weighted by atomic mass is 35.5. The fourth-order valence-electron chi connectivity index (χ4n) is 2.84. The topological polar surface area (TPSA) is 88.9 Å². The number of anilines is 2. The molecule has 2 heterocycles. The van der Waals surface area contributed by atoms with Crippen molar-refractivity contribution in [1.82, 2.24) is 14.8 Å². The van der Waals surface area contributed by atoms with Gasteiger partial charge in [-0.3, -0.25) is 20.2 Å². The van der Waals surface area contributed by atoms with Crippen molar-refractivity contribution in [1.29, 1.82) is 0 Å². The second-order valence-corrected chi connectivity index (χ2v) is 6.42. The van der Waals surface area contributed by atoms with E-state index in [-0.39, 0.29) is 35.8 Å². The fraction of sp³-hybridized carbons (Fsp3) is 0.111. The lowest BCUT2D eigenvalue weighted by atomic mass is 10.0. The molecule has 0 radical (unpaired) electrons. The minimum absolute atomic E-state index is 0.0421. The van der Waals surface area contributed by atoms with Gasteiger partial charge in [-0.15, -0.1) is 5.10 Å². The molecule has 0 saturated carbocycles. The number of fused-ring (bicyclic) bond motifs is 1. The lowest BCUT2D eigenvalue weighted by molar-refractivity contribution is -0.117. The van der Waals surface area contributed by atoms with E-state index in [2.05, 4.69) is 20.7 Å². The smallest absolute Gasteiger partial charge is 0.258 e. The molecule has 0 bridgehead atoms. The molecule has 2 aromatic carbocycles. The Kier molecular flexibility index (Phi) is 4.33. The summed E-state index contributed by atoms with van der Waals surface area (Å²) in [7, 11) is 0. The summed E-state index contributed by atoms with van der Waals surface area (Å²) in [5.41, 5.74) is 1.11. The molecule has 1 aliphatic heterocycles. The number of aromatic nitrogens is 3. The van der Waals surface area contributed by atoms with Crippen LogP contribution in [0.4, 0.5) is 16.3 Å². The predicted octanol–water partition coefficient (Wildman–Crippen LogP) is 3.25. The molecule has 0 fully saturated rings. The largest absolute Gasteiger partial charge is 0.295 e. The van der Waals surface area contributed by atoms with Crippen molar-refractivity contribution in [2.24, 2.45) is 0 Å². The number of amides is 2. The number of rotatable bonds is 3. The molecule has 9 heteroatoms. The van der Waals surface area contributed by atoms with Gasteiger partial charge in [0.15, 0.2) is 0 Å². The second kappa shape index (κ2) is 6.81. The van der Waals surface area contributed by atoms with Crippen LogP contribution in [0.25, 0.3) is 0 Å². The zero-order valence-electron chi connectivity index (χ0n) is 13.8. The van der Waals surface area contributed by atoms with E-state index in [0.29, 0.717) is 5.02 Å². The highest BCUT2D eigenvalue weighted by molar-refractivity contribution is 6.30. The van der Waals surface area contributed by atoms with Gasteiger partial charge < -0.3 is 0 Å². The van der Waals surface area contributed by atoms with Crippen LogP contribution in [0.1, 0.15) is 28.4 Å². The maximum atomic E-state index is 13.0. The molecular formula is C18H13ClFN5O2. The Morgan fingerprint density at radius 1 is 1.19 bits per heavy atom. The molecule has 7 nitrogen and oxygen atoms in total. The molecular weight excluding hydrogens is 373 g/mol. The molecule has 1 atom stereocenters. The van der Waals surface area contributed by atoms with Crippen LogP contribution in [0, 0.1) is 5.82 Å². The third kappa shape index (κ3) is 3.52. The summed E-state index contributed by atoms with van der Waals surface area (Å²) in [6, 6.07) is 11.8. The van der Waals surface area contributed by atoms with Gasteiger partial charge in [-0.1, -0.05) is 23.7 Å². The van der Waals surface area contributed by atoms with E-state index in [4.69, 9.17) is 11.6 Å². The Morgan fingerprint density at radius 2 is 1.89 bits per heavy atom. The van der Waals surface area contributed by atoms with Crippen molar-refractivity contribution >= 4 is 35.3 Å². The standard InChI is InChI=1S/C18H13ClFN5O2/c19-12-5-1-10(2-6-12)14-9-15(26)21-18-23-17(24-25(14)18)22-16(27)11-3-7-13(20)8-4-11/h1-8,14H,9H2,(H2,21,22,23,24,26,27)/t14-/m0/s1. The van der Waals surface area contributed by atoms with Gasteiger partial charge >= 0.3 is 0 Å². The highest BCUT2D eigenvalue weighted by Crippen LogP contribution is 2.30. The van der Waals surface area contributed by atoms with Crippen LogP contribution in [-0.4, -0.2) is 26.6 Å². The van der Waals surface area contributed by atoms with E-state index in [1.165, 1.54) is 24.3 Å². The van der Waals surface area contributed by atoms with Gasteiger partial charge in [0.05, 0.1) is 12.5 Å². The van der Waals surface area contributed by atoms with Crippen LogP contribution in [0.2, 0.25) is 5.02 Å². The van der Waals surface area contributed by atoms with Crippen molar-refractivity contribution in [3.63, 3.8) is 0 Å². The lowest BCUT2D eigenvalue weighted by Gasteiger charge is -2.23. The molecule has 0 saturated heterocycles. The SMILES string of the molecule is O=C1C[C@@H](c2ccc(Cl)cc2)n2nc(NC(=O)c3ccc(F)cc3)nc2N1. The average molecular weight is 386 g/mol. The van der Waals surface area contributed by atoms with Gasteiger partial charge in [-0.05, 0) is 42.0 Å². The summed E-state index contributed by atoms with van der Waals surface area (Å²) in [5, 5.41) is 10.1. The first-order valence-corrected chi connectivity index (χ1v) is 8.46. The monoisotopic (exact) mass is 385 g/mol. The van der Waals surface area contributed by atoms with Crippen molar-refractivity contribution < 1.29 is 14.0 Å². The fourth-order valence-corrected chi connectivity index (χ4v) is 2.96. The summed E-state index contributed by atoms with van der Waals surface area (Å²) in [4.78, 5) is 28.5. The number of halogens is 2. The highest BCUT2D eigenvalue weighted by Gasteiger charge is 2.29. The van der Waals surface area contributed by atoms with Crippen LogP contribution >= 0.6 is 11.6 Å². The third-order valence-corrected chi connectivity index (χ3v) is 4.39. The van der Waals surface area contributed by atoms with Gasteiger partial charge in [0.2, 0.25) is 11.9 Å². The third-order valence-electron chi connectivity index (χ3n) is 4.14. The number of hydrogen-bond acceptors (Lipinski definition) is 4. The summed E-state index contributed by atoms with van der Waals surface area (Å²) in [6.45, 7) is 0. The van der Waals surface area contributed by atoms with Gasteiger partial charge in [0.25, 0.3) is 11.9 Å². The average Bonchev–Trinajstić information content (AvgIpc) is 3.04. The molecule has 3 aromatic rings. The van der Waals surface area contributed by atoms with Crippen LogP contribution in [0.15, 0.2) is 48.5 Å². The van der Waals surface area contributed by atoms with Gasteiger partial charge in [0.1, 0.15) is 5.82 Å². The minimum atomic E-state index is -0.479. The van der Waals surface area contributed by atoms with E-state index in [9.17, 15) is 14.0 Å². The molecule has 2 N–H and O–H groups in total. The van der Waals surface area contributed by atoms with Crippen LogP contribution in [0.3, 0.4) is 0 Å². The normalized spacial score (nSPS) is 15.8. The van der Waals surface area contributed by atoms with Crippen molar-refractivity contribution in [2.75, 3.05) is 10.6 Å². The van der Waals surface area contributed by atoms with Gasteiger partial charge in [-0.2, -0.15) is 4.98 Å². The van der Waals surface area contributed by atoms with E-state index in [1.54, 1.807) is 16.8 Å². The zero-order valence-corrected chi connectivity index (χ0v) is 14.6. The van der Waals surface area contributed by atoms with Crippen molar-refractivity contribution in [3.8, 4) is 0 Å². The van der Waals surface area contributed by atoms with Crippen molar-refractivity contribution in [3.05, 3.63) is 70.5 Å². The Hall–Kier alpha value is -3.26. The van der Waals surface area contributed by atoms with E-state index in [1.807, 2.05) is 12.1 Å². The van der Waals surface area contributed by atoms with Gasteiger partial charge in [-0.25, -0.2) is 9.07 Å². The molecule has 0 unspecified atom stereocenters. The van der Waals surface area contributed by atoms with Crippen LogP contribution < -0.4 is 10.6 Å². The lowest BCUT2D eigenvalue weighted by Crippen LogP contribution is -2.29. The first kappa shape index (κ1) is 17.2. The minimum Gasteiger partial charge on any atom is -0.295 e. The zero-order chi connectivity index (χ0) is 19.0. The Labute approximate surface area is 158 Å². The molecule has 2 amide bonds. The molecule has 27 heavy (non-hydrogen) atoms. The van der Waals surface area contributed by atoms with E-state index >= 15 is 0 Å². The van der Waals surface area contributed by atoms with Crippen LogP contribution in [0.5, 0.6) is 0 Å². The summed E-state index contributed by atoms with van der Waals surface area (Å²) in [6.07, 6.45) is 0.184. The van der Waals surface area contributed by atoms with Gasteiger partial charge in [0, 0.05) is 10.6 Å². The summed E-state index contributed by atoms with van der Waals surface area (Å²) >= 11 is 5.92. The molecule has 4 rings (SSSR count). The molecule has 1 aliphatic rings. The maximum Gasteiger partial charge on any atom is 0.258 e. The molecule has 136 valence electrons. The van der Waals surface area contributed by atoms with Crippen molar-refractivity contribution in [2.45, 2.75) is 12.5 Å². The predicted molar refractivity (Wildman–Crippen MR) is 97.2 cm³/mol. The second-order valence-electron chi connectivity index (χ2n) is 5.98. The summed E-state index contributed by atoms with van der Waals surface area (Å²) < 4.78 is 14.5. The molecule has 1 aromatic heterocycles. The van der Waals surface area contributed by atoms with E-state index < -0.39 is 11.7 Å². The number of nitrogens with zero attached hydrogens (tertiary/aromatic N) is 3. The first-order chi connectivity index (χ1) is 13.0. The Bertz CT molecular complexity index is 1020. The quantitative estimate of drug-likeness (QED) is 0.724. The number of carbonyl (C=O) groups excluding carboxylic acids is 2.